The molecule has 0 aromatic rings. The highest BCUT2D eigenvalue weighted by Gasteiger charge is 2.52. The first-order valence-electron chi connectivity index (χ1n) is 10.1. The Morgan fingerprint density at radius 2 is 1.58 bits per heavy atom. The van der Waals surface area contributed by atoms with Gasteiger partial charge in [-0.15, -0.1) is 0 Å². The van der Waals surface area contributed by atoms with Crippen LogP contribution in [-0.4, -0.2) is 36.3 Å². The first-order chi connectivity index (χ1) is 11.7. The van der Waals surface area contributed by atoms with E-state index in [1.807, 2.05) is 20.8 Å². The quantitative estimate of drug-likeness (QED) is 0.732. The molecular weight excluding hydrogens is 327 g/mol. The second kappa shape index (κ2) is 7.10. The van der Waals surface area contributed by atoms with E-state index >= 15 is 0 Å². The molecule has 0 radical (unpaired) electrons. The predicted octanol–water partition coefficient (Wildman–Crippen LogP) is 3.37. The van der Waals surface area contributed by atoms with Crippen LogP contribution >= 0.6 is 0 Å². The van der Waals surface area contributed by atoms with Crippen LogP contribution in [-0.2, 0) is 14.1 Å². The fourth-order valence-corrected chi connectivity index (χ4v) is 4.30. The standard InChI is InChI=1S/C20H39BN2O3/c1-17(2,3)23-16(24)20(8)11-14(15(12-20)13-22)9-10-21-25-18(4,5)19(6,7)26-21/h14-15H,9-13,22H2,1-8H3,(H,23,24)/t14-,15+,20-/m0/s1. The third-order valence-corrected chi connectivity index (χ3v) is 6.51. The van der Waals surface area contributed by atoms with Crippen molar-refractivity contribution in [2.75, 3.05) is 6.54 Å². The molecule has 1 saturated heterocycles. The minimum absolute atomic E-state index is 0.154. The van der Waals surface area contributed by atoms with E-state index in [9.17, 15) is 4.79 Å². The van der Waals surface area contributed by atoms with Gasteiger partial charge in [0.25, 0.3) is 0 Å². The van der Waals surface area contributed by atoms with E-state index in [0.29, 0.717) is 18.4 Å². The molecule has 0 unspecified atom stereocenters. The summed E-state index contributed by atoms with van der Waals surface area (Å²) in [5, 5.41) is 3.16. The number of nitrogens with one attached hydrogen (secondary N) is 1. The van der Waals surface area contributed by atoms with E-state index in [1.165, 1.54) is 0 Å². The average molecular weight is 366 g/mol. The lowest BCUT2D eigenvalue weighted by molar-refractivity contribution is -0.131. The highest BCUT2D eigenvalue weighted by molar-refractivity contribution is 6.45. The SMILES string of the molecule is CC(C)(C)NC(=O)[C@]1(C)C[C@H](CN)[C@@H](CCB2OC(C)(C)C(C)(C)O2)C1. The van der Waals surface area contributed by atoms with Crippen LogP contribution in [0.5, 0.6) is 0 Å². The third kappa shape index (κ3) is 4.63. The van der Waals surface area contributed by atoms with Gasteiger partial charge in [-0.3, -0.25) is 4.79 Å². The largest absolute Gasteiger partial charge is 0.457 e. The Bertz CT molecular complexity index is 514. The topological polar surface area (TPSA) is 73.6 Å². The molecule has 26 heavy (non-hydrogen) atoms. The van der Waals surface area contributed by atoms with E-state index in [1.54, 1.807) is 0 Å². The number of carbonyl (C=O) groups is 1. The Kier molecular flexibility index (Phi) is 5.93. The number of nitrogens with two attached hydrogens (primary N) is 1. The van der Waals surface area contributed by atoms with Crippen molar-refractivity contribution < 1.29 is 14.1 Å². The van der Waals surface area contributed by atoms with Crippen molar-refractivity contribution >= 4 is 13.0 Å². The van der Waals surface area contributed by atoms with Gasteiger partial charge in [-0.25, -0.2) is 0 Å². The molecule has 2 fully saturated rings. The van der Waals surface area contributed by atoms with Crippen molar-refractivity contribution in [3.05, 3.63) is 0 Å². The summed E-state index contributed by atoms with van der Waals surface area (Å²) in [7, 11) is -0.173. The monoisotopic (exact) mass is 366 g/mol. The summed E-state index contributed by atoms with van der Waals surface area (Å²) in [4.78, 5) is 12.8. The van der Waals surface area contributed by atoms with E-state index in [4.69, 9.17) is 15.0 Å². The second-order valence-electron chi connectivity index (χ2n) is 10.7. The van der Waals surface area contributed by atoms with E-state index in [0.717, 1.165) is 25.6 Å². The van der Waals surface area contributed by atoms with E-state index < -0.39 is 0 Å². The van der Waals surface area contributed by atoms with Crippen molar-refractivity contribution in [3.63, 3.8) is 0 Å². The molecule has 0 aromatic carbocycles. The lowest BCUT2D eigenvalue weighted by atomic mass is 9.77. The molecule has 2 rings (SSSR count). The second-order valence-corrected chi connectivity index (χ2v) is 10.7. The van der Waals surface area contributed by atoms with Gasteiger partial charge in [0.1, 0.15) is 0 Å². The summed E-state index contributed by atoms with van der Waals surface area (Å²) in [6.07, 6.45) is 3.58. The number of hydrogen-bond acceptors (Lipinski definition) is 4. The number of rotatable bonds is 5. The summed E-state index contributed by atoms with van der Waals surface area (Å²) >= 11 is 0. The molecule has 3 atom stereocenters. The van der Waals surface area contributed by atoms with E-state index in [2.05, 4.69) is 39.9 Å². The number of amides is 1. The summed E-state index contributed by atoms with van der Waals surface area (Å²) in [6.45, 7) is 17.1. The molecule has 150 valence electrons. The van der Waals surface area contributed by atoms with Crippen molar-refractivity contribution in [2.45, 2.75) is 97.7 Å². The van der Waals surface area contributed by atoms with Gasteiger partial charge >= 0.3 is 7.12 Å². The van der Waals surface area contributed by atoms with Gasteiger partial charge < -0.3 is 20.4 Å². The van der Waals surface area contributed by atoms with Crippen LogP contribution in [0.25, 0.3) is 0 Å². The molecule has 2 aliphatic rings. The zero-order chi connectivity index (χ0) is 20.0. The van der Waals surface area contributed by atoms with Crippen LogP contribution in [0.4, 0.5) is 0 Å². The zero-order valence-electron chi connectivity index (χ0n) is 18.1. The van der Waals surface area contributed by atoms with Crippen LogP contribution in [0.2, 0.25) is 6.32 Å². The Balaban J connectivity index is 1.97. The van der Waals surface area contributed by atoms with Crippen molar-refractivity contribution in [1.82, 2.24) is 5.32 Å². The smallest absolute Gasteiger partial charge is 0.403 e. The fourth-order valence-electron chi connectivity index (χ4n) is 4.30. The number of carbonyl (C=O) groups excluding carboxylic acids is 1. The van der Waals surface area contributed by atoms with Gasteiger partial charge in [0, 0.05) is 11.0 Å². The van der Waals surface area contributed by atoms with Crippen LogP contribution in [0, 0.1) is 17.3 Å². The van der Waals surface area contributed by atoms with Gasteiger partial charge in [0.2, 0.25) is 5.91 Å². The van der Waals surface area contributed by atoms with Crippen molar-refractivity contribution in [2.24, 2.45) is 23.0 Å². The first kappa shape index (κ1) is 21.7. The highest BCUT2D eigenvalue weighted by atomic mass is 16.7. The molecule has 1 amide bonds. The first-order valence-corrected chi connectivity index (χ1v) is 10.1. The fraction of sp³-hybridized carbons (Fsp3) is 0.950. The molecule has 1 saturated carbocycles. The van der Waals surface area contributed by atoms with E-state index in [-0.39, 0.29) is 35.2 Å². The molecule has 0 bridgehead atoms. The van der Waals surface area contributed by atoms with Crippen LogP contribution < -0.4 is 11.1 Å². The summed E-state index contributed by atoms with van der Waals surface area (Å²) in [6, 6.07) is 0. The van der Waals surface area contributed by atoms with Crippen LogP contribution in [0.3, 0.4) is 0 Å². The summed E-state index contributed by atoms with van der Waals surface area (Å²) in [5.41, 5.74) is 4.92. The normalized spacial score (nSPS) is 33.5. The molecular formula is C20H39BN2O3. The third-order valence-electron chi connectivity index (χ3n) is 6.51. The van der Waals surface area contributed by atoms with Gasteiger partial charge in [-0.1, -0.05) is 13.3 Å². The average Bonchev–Trinajstić information content (AvgIpc) is 2.89. The molecule has 0 aromatic heterocycles. The lowest BCUT2D eigenvalue weighted by Gasteiger charge is -2.32. The molecule has 0 spiro atoms. The zero-order valence-corrected chi connectivity index (χ0v) is 18.1. The lowest BCUT2D eigenvalue weighted by Crippen LogP contribution is -2.47. The Labute approximate surface area is 160 Å². The van der Waals surface area contributed by atoms with Crippen molar-refractivity contribution in [1.29, 1.82) is 0 Å². The molecule has 1 aliphatic carbocycles. The molecule has 3 N–H and O–H groups in total. The molecule has 1 aliphatic heterocycles. The molecule has 6 heteroatoms. The van der Waals surface area contributed by atoms with Crippen LogP contribution in [0.15, 0.2) is 0 Å². The Morgan fingerprint density at radius 1 is 1.08 bits per heavy atom. The van der Waals surface area contributed by atoms with Crippen molar-refractivity contribution in [3.8, 4) is 0 Å². The van der Waals surface area contributed by atoms with Crippen LogP contribution in [0.1, 0.15) is 74.7 Å². The Morgan fingerprint density at radius 3 is 2.04 bits per heavy atom. The number of hydrogen-bond donors (Lipinski definition) is 2. The van der Waals surface area contributed by atoms with Gasteiger partial charge in [0.15, 0.2) is 0 Å². The highest BCUT2D eigenvalue weighted by Crippen LogP contribution is 2.48. The maximum absolute atomic E-state index is 12.8. The van der Waals surface area contributed by atoms with Gasteiger partial charge in [0.05, 0.1) is 11.2 Å². The van der Waals surface area contributed by atoms with Gasteiger partial charge in [-0.2, -0.15) is 0 Å². The predicted molar refractivity (Wildman–Crippen MR) is 107 cm³/mol. The summed E-state index contributed by atoms with van der Waals surface area (Å²) in [5.74, 6) is 0.976. The Hall–Kier alpha value is -0.585. The maximum atomic E-state index is 12.8. The molecule has 5 nitrogen and oxygen atoms in total. The van der Waals surface area contributed by atoms with Gasteiger partial charge in [-0.05, 0) is 86.0 Å². The maximum Gasteiger partial charge on any atom is 0.457 e. The molecule has 1 heterocycles. The summed E-state index contributed by atoms with van der Waals surface area (Å²) < 4.78 is 12.3. The minimum Gasteiger partial charge on any atom is -0.403 e. The minimum atomic E-state index is -0.335.